The van der Waals surface area contributed by atoms with Crippen molar-refractivity contribution in [2.75, 3.05) is 36.4 Å². The maximum Gasteiger partial charge on any atom is 0.293 e. The molecule has 3 aromatic rings. The number of halogens is 2. The maximum atomic E-state index is 12.6. The summed E-state index contributed by atoms with van der Waals surface area (Å²) in [6.07, 6.45) is 0.536. The smallest absolute Gasteiger partial charge is 0.293 e. The molecule has 1 saturated heterocycles. The zero-order chi connectivity index (χ0) is 24.9. The van der Waals surface area contributed by atoms with Crippen molar-refractivity contribution in [3.05, 3.63) is 70.4 Å². The molecule has 2 aromatic carbocycles. The number of carbonyl (C=O) groups excluding carboxylic acids is 2. The number of anilines is 2. The summed E-state index contributed by atoms with van der Waals surface area (Å²) in [6.45, 7) is 4.91. The molecule has 0 bridgehead atoms. The molecule has 4 rings (SSSR count). The van der Waals surface area contributed by atoms with Crippen LogP contribution in [0, 0.1) is 0 Å². The number of furan rings is 1. The van der Waals surface area contributed by atoms with Crippen molar-refractivity contribution in [1.82, 2.24) is 10.2 Å². The Morgan fingerprint density at radius 1 is 1.00 bits per heavy atom. The first-order chi connectivity index (χ1) is 16.8. The van der Waals surface area contributed by atoms with Gasteiger partial charge >= 0.3 is 0 Å². The molecule has 1 aromatic heterocycles. The molecular formula is C25H24Cl2N4O3S. The van der Waals surface area contributed by atoms with Crippen LogP contribution in [-0.2, 0) is 4.79 Å². The van der Waals surface area contributed by atoms with E-state index in [4.69, 9.17) is 39.8 Å². The van der Waals surface area contributed by atoms with Gasteiger partial charge in [-0.2, -0.15) is 0 Å². The molecule has 0 atom stereocenters. The van der Waals surface area contributed by atoms with Crippen LogP contribution in [0.4, 0.5) is 11.4 Å². The molecule has 2 heterocycles. The van der Waals surface area contributed by atoms with Crippen LogP contribution in [0.2, 0.25) is 10.0 Å². The van der Waals surface area contributed by atoms with E-state index in [0.717, 1.165) is 37.6 Å². The number of nitrogens with one attached hydrogen (secondary N) is 2. The van der Waals surface area contributed by atoms with Gasteiger partial charge in [-0.05, 0) is 66.8 Å². The van der Waals surface area contributed by atoms with Crippen LogP contribution in [-0.4, -0.2) is 48.0 Å². The third-order valence-corrected chi connectivity index (χ3v) is 6.43. The standard InChI is InChI=1S/C25H24Cl2N4O3S/c1-2-23(32)31-13-11-30(12-14-31)18-6-4-17(5-7-18)28-25(35)29-24(33)22-10-9-21(34-22)19-8-3-16(26)15-20(19)27/h3-10,15H,2,11-14H2,1H3,(H2,28,29,33,35). The third kappa shape index (κ3) is 6.14. The average molecular weight is 531 g/mol. The molecule has 0 unspecified atom stereocenters. The van der Waals surface area contributed by atoms with Crippen molar-refractivity contribution in [1.29, 1.82) is 0 Å². The van der Waals surface area contributed by atoms with Gasteiger partial charge in [-0.3, -0.25) is 14.9 Å². The third-order valence-electron chi connectivity index (χ3n) is 5.68. The lowest BCUT2D eigenvalue weighted by Gasteiger charge is -2.36. The number of hydrogen-bond acceptors (Lipinski definition) is 5. The molecule has 35 heavy (non-hydrogen) atoms. The van der Waals surface area contributed by atoms with Crippen LogP contribution in [0.15, 0.2) is 59.0 Å². The molecule has 10 heteroatoms. The lowest BCUT2D eigenvalue weighted by Crippen LogP contribution is -2.48. The van der Waals surface area contributed by atoms with Crippen molar-refractivity contribution < 1.29 is 14.0 Å². The number of rotatable bonds is 5. The van der Waals surface area contributed by atoms with Gasteiger partial charge in [-0.15, -0.1) is 0 Å². The van der Waals surface area contributed by atoms with E-state index in [2.05, 4.69) is 15.5 Å². The second-order valence-corrected chi connectivity index (χ2v) is 9.22. The molecule has 0 radical (unpaired) electrons. The Labute approximate surface area is 219 Å². The van der Waals surface area contributed by atoms with Gasteiger partial charge in [0.1, 0.15) is 5.76 Å². The van der Waals surface area contributed by atoms with Crippen molar-refractivity contribution >= 4 is 63.7 Å². The Balaban J connectivity index is 1.31. The number of benzene rings is 2. The second kappa shape index (κ2) is 11.1. The molecule has 2 N–H and O–H groups in total. The zero-order valence-electron chi connectivity index (χ0n) is 19.0. The Hall–Kier alpha value is -3.07. The predicted molar refractivity (Wildman–Crippen MR) is 143 cm³/mol. The Morgan fingerprint density at radius 3 is 2.37 bits per heavy atom. The van der Waals surface area contributed by atoms with Crippen molar-refractivity contribution in [3.63, 3.8) is 0 Å². The number of nitrogens with zero attached hydrogens (tertiary/aromatic N) is 2. The lowest BCUT2D eigenvalue weighted by atomic mass is 10.2. The van der Waals surface area contributed by atoms with Crippen LogP contribution in [0.1, 0.15) is 23.9 Å². The molecule has 7 nitrogen and oxygen atoms in total. The highest BCUT2D eigenvalue weighted by atomic mass is 35.5. The normalized spacial score (nSPS) is 13.5. The molecule has 2 amide bonds. The van der Waals surface area contributed by atoms with Crippen LogP contribution in [0.25, 0.3) is 11.3 Å². The fraction of sp³-hybridized carbons (Fsp3) is 0.240. The summed E-state index contributed by atoms with van der Waals surface area (Å²) in [7, 11) is 0. The second-order valence-electron chi connectivity index (χ2n) is 7.96. The average Bonchev–Trinajstić information content (AvgIpc) is 3.34. The molecule has 1 aliphatic heterocycles. The van der Waals surface area contributed by atoms with Crippen LogP contribution in [0.5, 0.6) is 0 Å². The summed E-state index contributed by atoms with van der Waals surface area (Å²) in [5, 5.41) is 6.71. The van der Waals surface area contributed by atoms with E-state index in [1.165, 1.54) is 0 Å². The molecule has 1 aliphatic rings. The van der Waals surface area contributed by atoms with E-state index < -0.39 is 5.91 Å². The van der Waals surface area contributed by atoms with Gasteiger partial charge in [-0.25, -0.2) is 0 Å². The molecule has 1 fully saturated rings. The van der Waals surface area contributed by atoms with E-state index in [9.17, 15) is 9.59 Å². The summed E-state index contributed by atoms with van der Waals surface area (Å²) in [5.41, 5.74) is 2.44. The van der Waals surface area contributed by atoms with E-state index in [-0.39, 0.29) is 16.8 Å². The monoisotopic (exact) mass is 530 g/mol. The van der Waals surface area contributed by atoms with Gasteiger partial charge in [0.05, 0.1) is 5.02 Å². The summed E-state index contributed by atoms with van der Waals surface area (Å²) in [6, 6.07) is 16.0. The topological polar surface area (TPSA) is 77.8 Å². The fourth-order valence-electron chi connectivity index (χ4n) is 3.81. The van der Waals surface area contributed by atoms with E-state index in [1.807, 2.05) is 36.1 Å². The van der Waals surface area contributed by atoms with Gasteiger partial charge in [0.15, 0.2) is 10.9 Å². The fourth-order valence-corrected chi connectivity index (χ4v) is 4.53. The van der Waals surface area contributed by atoms with Crippen molar-refractivity contribution in [2.45, 2.75) is 13.3 Å². The van der Waals surface area contributed by atoms with Crippen LogP contribution >= 0.6 is 35.4 Å². The summed E-state index contributed by atoms with van der Waals surface area (Å²) in [5.74, 6) is 0.270. The van der Waals surface area contributed by atoms with Gasteiger partial charge in [0.2, 0.25) is 5.91 Å². The quantitative estimate of drug-likeness (QED) is 0.427. The summed E-state index contributed by atoms with van der Waals surface area (Å²) < 4.78 is 5.66. The molecule has 0 spiro atoms. The Bertz CT molecular complexity index is 1240. The predicted octanol–water partition coefficient (Wildman–Crippen LogP) is 5.44. The minimum absolute atomic E-state index is 0.103. The van der Waals surface area contributed by atoms with Gasteiger partial charge < -0.3 is 19.5 Å². The van der Waals surface area contributed by atoms with Gasteiger partial charge in [0.25, 0.3) is 5.91 Å². The maximum absolute atomic E-state index is 12.6. The molecule has 182 valence electrons. The number of thiocarbonyl (C=S) groups is 1. The van der Waals surface area contributed by atoms with Gasteiger partial charge in [0, 0.05) is 54.6 Å². The Morgan fingerprint density at radius 2 is 1.71 bits per heavy atom. The number of hydrogen-bond donors (Lipinski definition) is 2. The summed E-state index contributed by atoms with van der Waals surface area (Å²) >= 11 is 17.4. The van der Waals surface area contributed by atoms with Crippen molar-refractivity contribution in [3.8, 4) is 11.3 Å². The largest absolute Gasteiger partial charge is 0.451 e. The number of piperazine rings is 1. The van der Waals surface area contributed by atoms with Crippen LogP contribution < -0.4 is 15.5 Å². The van der Waals surface area contributed by atoms with Crippen molar-refractivity contribution in [2.24, 2.45) is 0 Å². The SMILES string of the molecule is CCC(=O)N1CCN(c2ccc(NC(=S)NC(=O)c3ccc(-c4ccc(Cl)cc4Cl)o3)cc2)CC1. The first-order valence-corrected chi connectivity index (χ1v) is 12.3. The van der Waals surface area contributed by atoms with Gasteiger partial charge in [-0.1, -0.05) is 30.1 Å². The lowest BCUT2D eigenvalue weighted by molar-refractivity contribution is -0.131. The molecular weight excluding hydrogens is 507 g/mol. The highest BCUT2D eigenvalue weighted by Gasteiger charge is 2.20. The minimum atomic E-state index is -0.477. The zero-order valence-corrected chi connectivity index (χ0v) is 21.3. The number of carbonyl (C=O) groups is 2. The highest BCUT2D eigenvalue weighted by Crippen LogP contribution is 2.31. The first-order valence-electron chi connectivity index (χ1n) is 11.1. The summed E-state index contributed by atoms with van der Waals surface area (Å²) in [4.78, 5) is 28.6. The molecule has 0 saturated carbocycles. The Kier molecular flexibility index (Phi) is 7.95. The first kappa shape index (κ1) is 25.0. The van der Waals surface area contributed by atoms with E-state index >= 15 is 0 Å². The van der Waals surface area contributed by atoms with Crippen LogP contribution in [0.3, 0.4) is 0 Å². The number of amides is 2. The molecule has 0 aliphatic carbocycles. The van der Waals surface area contributed by atoms with E-state index in [0.29, 0.717) is 27.8 Å². The minimum Gasteiger partial charge on any atom is -0.451 e. The van der Waals surface area contributed by atoms with E-state index in [1.54, 1.807) is 30.3 Å². The highest BCUT2D eigenvalue weighted by molar-refractivity contribution is 7.80.